The number of aromatic hydroxyl groups is 1. The molecule has 112 valence electrons. The van der Waals surface area contributed by atoms with Crippen LogP contribution in [0.3, 0.4) is 0 Å². The van der Waals surface area contributed by atoms with Crippen LogP contribution in [0.2, 0.25) is 0 Å². The standard InChI is InChI=1S/C15H19N3O3/c1-21-14-6-10(4-5-12(14)19)13(20)8-16-15-7-11(17-18-15)9-2-3-9/h4-7,9,13,19-20H,2-3,8H2,1H3,(H2,16,17,18). The molecule has 0 aliphatic heterocycles. The minimum absolute atomic E-state index is 0.0581. The first-order valence-electron chi connectivity index (χ1n) is 7.01. The van der Waals surface area contributed by atoms with E-state index in [0.29, 0.717) is 23.8 Å². The van der Waals surface area contributed by atoms with Crippen molar-refractivity contribution in [2.24, 2.45) is 0 Å². The Hall–Kier alpha value is -2.21. The van der Waals surface area contributed by atoms with Gasteiger partial charge in [0.05, 0.1) is 13.2 Å². The largest absolute Gasteiger partial charge is 0.504 e. The van der Waals surface area contributed by atoms with Crippen molar-refractivity contribution in [3.63, 3.8) is 0 Å². The van der Waals surface area contributed by atoms with Crippen LogP contribution in [0.5, 0.6) is 11.5 Å². The average molecular weight is 289 g/mol. The Kier molecular flexibility index (Phi) is 3.70. The molecule has 0 amide bonds. The number of aliphatic hydroxyl groups is 1. The van der Waals surface area contributed by atoms with Gasteiger partial charge >= 0.3 is 0 Å². The number of hydrogen-bond acceptors (Lipinski definition) is 5. The summed E-state index contributed by atoms with van der Waals surface area (Å²) in [6, 6.07) is 6.80. The number of benzene rings is 1. The lowest BCUT2D eigenvalue weighted by molar-refractivity contribution is 0.191. The van der Waals surface area contributed by atoms with Crippen molar-refractivity contribution in [1.82, 2.24) is 10.2 Å². The number of rotatable bonds is 6. The van der Waals surface area contributed by atoms with Gasteiger partial charge in [-0.2, -0.15) is 5.10 Å². The Morgan fingerprint density at radius 2 is 2.24 bits per heavy atom. The fourth-order valence-corrected chi connectivity index (χ4v) is 2.25. The molecule has 1 aliphatic rings. The summed E-state index contributed by atoms with van der Waals surface area (Å²) in [5.74, 6) is 1.77. The minimum Gasteiger partial charge on any atom is -0.504 e. The number of phenolic OH excluding ortho intramolecular Hbond substituents is 1. The molecular weight excluding hydrogens is 270 g/mol. The topological polar surface area (TPSA) is 90.4 Å². The summed E-state index contributed by atoms with van der Waals surface area (Å²) in [5, 5.41) is 30.0. The van der Waals surface area contributed by atoms with Crippen molar-refractivity contribution in [2.45, 2.75) is 24.9 Å². The summed E-state index contributed by atoms with van der Waals surface area (Å²) < 4.78 is 5.04. The van der Waals surface area contributed by atoms with Gasteiger partial charge in [-0.25, -0.2) is 0 Å². The average Bonchev–Trinajstić information content (AvgIpc) is 3.24. The number of nitrogens with one attached hydrogen (secondary N) is 2. The highest BCUT2D eigenvalue weighted by Crippen LogP contribution is 2.39. The van der Waals surface area contributed by atoms with Gasteiger partial charge < -0.3 is 20.3 Å². The second-order valence-corrected chi connectivity index (χ2v) is 5.31. The molecule has 1 atom stereocenters. The maximum atomic E-state index is 10.2. The van der Waals surface area contributed by atoms with E-state index in [1.165, 1.54) is 26.0 Å². The summed E-state index contributed by atoms with van der Waals surface area (Å²) in [4.78, 5) is 0. The number of anilines is 1. The van der Waals surface area contributed by atoms with E-state index in [4.69, 9.17) is 4.74 Å². The van der Waals surface area contributed by atoms with Crippen molar-refractivity contribution in [3.05, 3.63) is 35.5 Å². The van der Waals surface area contributed by atoms with Gasteiger partial charge in [-0.15, -0.1) is 0 Å². The first kappa shape index (κ1) is 13.8. The number of hydrogen-bond donors (Lipinski definition) is 4. The lowest BCUT2D eigenvalue weighted by Gasteiger charge is -2.13. The van der Waals surface area contributed by atoms with Crippen LogP contribution >= 0.6 is 0 Å². The van der Waals surface area contributed by atoms with Crippen molar-refractivity contribution in [1.29, 1.82) is 0 Å². The molecule has 21 heavy (non-hydrogen) atoms. The van der Waals surface area contributed by atoms with E-state index in [1.54, 1.807) is 12.1 Å². The van der Waals surface area contributed by atoms with Crippen LogP contribution in [0.4, 0.5) is 5.82 Å². The maximum absolute atomic E-state index is 10.2. The number of aromatic amines is 1. The Balaban J connectivity index is 1.61. The van der Waals surface area contributed by atoms with E-state index in [0.717, 1.165) is 11.5 Å². The minimum atomic E-state index is -0.708. The lowest BCUT2D eigenvalue weighted by Crippen LogP contribution is -2.12. The molecule has 3 rings (SSSR count). The molecule has 0 spiro atoms. The molecule has 0 radical (unpaired) electrons. The van der Waals surface area contributed by atoms with Crippen LogP contribution in [0.15, 0.2) is 24.3 Å². The van der Waals surface area contributed by atoms with E-state index in [-0.39, 0.29) is 5.75 Å². The van der Waals surface area contributed by atoms with E-state index < -0.39 is 6.10 Å². The zero-order valence-electron chi connectivity index (χ0n) is 11.8. The van der Waals surface area contributed by atoms with Crippen molar-refractivity contribution < 1.29 is 14.9 Å². The highest BCUT2D eigenvalue weighted by Gasteiger charge is 2.25. The molecule has 6 nitrogen and oxygen atoms in total. The first-order valence-corrected chi connectivity index (χ1v) is 7.01. The quantitative estimate of drug-likeness (QED) is 0.654. The van der Waals surface area contributed by atoms with Gasteiger partial charge in [0, 0.05) is 24.2 Å². The highest BCUT2D eigenvalue weighted by atomic mass is 16.5. The second kappa shape index (κ2) is 5.65. The van der Waals surface area contributed by atoms with Crippen LogP contribution in [-0.4, -0.2) is 34.1 Å². The predicted octanol–water partition coefficient (Wildman–Crippen LogP) is 2.15. The number of aliphatic hydroxyl groups excluding tert-OH is 1. The number of ether oxygens (including phenoxy) is 1. The maximum Gasteiger partial charge on any atom is 0.160 e. The van der Waals surface area contributed by atoms with Crippen LogP contribution in [0, 0.1) is 0 Å². The third-order valence-corrected chi connectivity index (χ3v) is 3.68. The summed E-state index contributed by atoms with van der Waals surface area (Å²) in [6.07, 6.45) is 1.73. The predicted molar refractivity (Wildman–Crippen MR) is 78.7 cm³/mol. The van der Waals surface area contributed by atoms with Gasteiger partial charge in [0.2, 0.25) is 0 Å². The van der Waals surface area contributed by atoms with Gasteiger partial charge in [0.15, 0.2) is 11.5 Å². The fraction of sp³-hybridized carbons (Fsp3) is 0.400. The van der Waals surface area contributed by atoms with E-state index in [2.05, 4.69) is 15.5 Å². The van der Waals surface area contributed by atoms with Crippen molar-refractivity contribution >= 4 is 5.82 Å². The number of nitrogens with zero attached hydrogens (tertiary/aromatic N) is 1. The first-order chi connectivity index (χ1) is 10.2. The zero-order chi connectivity index (χ0) is 14.8. The van der Waals surface area contributed by atoms with Crippen LogP contribution < -0.4 is 10.1 Å². The summed E-state index contributed by atoms with van der Waals surface area (Å²) in [6.45, 7) is 0.336. The molecule has 1 heterocycles. The van der Waals surface area contributed by atoms with Gasteiger partial charge in [0.25, 0.3) is 0 Å². The van der Waals surface area contributed by atoms with Crippen molar-refractivity contribution in [2.75, 3.05) is 19.0 Å². The number of phenols is 1. The molecule has 1 unspecified atom stereocenters. The van der Waals surface area contributed by atoms with Gasteiger partial charge in [0.1, 0.15) is 5.82 Å². The SMILES string of the molecule is COc1cc(C(O)CNc2cc(C3CC3)[nH]n2)ccc1O. The Morgan fingerprint density at radius 3 is 2.95 bits per heavy atom. The van der Waals surface area contributed by atoms with Crippen LogP contribution in [-0.2, 0) is 0 Å². The van der Waals surface area contributed by atoms with Crippen LogP contribution in [0.25, 0.3) is 0 Å². The molecule has 1 aliphatic carbocycles. The molecule has 1 aromatic carbocycles. The van der Waals surface area contributed by atoms with E-state index in [1.807, 2.05) is 6.07 Å². The zero-order valence-corrected chi connectivity index (χ0v) is 11.8. The number of aromatic nitrogens is 2. The third-order valence-electron chi connectivity index (χ3n) is 3.68. The molecule has 2 aromatic rings. The molecule has 6 heteroatoms. The third kappa shape index (κ3) is 3.11. The molecule has 4 N–H and O–H groups in total. The smallest absolute Gasteiger partial charge is 0.160 e. The highest BCUT2D eigenvalue weighted by molar-refractivity contribution is 5.43. The van der Waals surface area contributed by atoms with Crippen molar-refractivity contribution in [3.8, 4) is 11.5 Å². The van der Waals surface area contributed by atoms with E-state index >= 15 is 0 Å². The monoisotopic (exact) mass is 289 g/mol. The Morgan fingerprint density at radius 1 is 1.43 bits per heavy atom. The van der Waals surface area contributed by atoms with E-state index in [9.17, 15) is 10.2 Å². The number of methoxy groups -OCH3 is 1. The Bertz CT molecular complexity index is 622. The summed E-state index contributed by atoms with van der Waals surface area (Å²) >= 11 is 0. The normalized spacial score (nSPS) is 15.7. The molecular formula is C15H19N3O3. The molecule has 0 bridgehead atoms. The molecule has 1 saturated carbocycles. The molecule has 1 aromatic heterocycles. The molecule has 1 fully saturated rings. The summed E-state index contributed by atoms with van der Waals surface area (Å²) in [7, 11) is 1.48. The summed E-state index contributed by atoms with van der Waals surface area (Å²) in [5.41, 5.74) is 1.83. The van der Waals surface area contributed by atoms with Gasteiger partial charge in [-0.1, -0.05) is 6.07 Å². The number of H-pyrrole nitrogens is 1. The second-order valence-electron chi connectivity index (χ2n) is 5.31. The lowest BCUT2D eigenvalue weighted by atomic mass is 10.1. The fourth-order valence-electron chi connectivity index (χ4n) is 2.25. The van der Waals surface area contributed by atoms with Gasteiger partial charge in [-0.05, 0) is 30.5 Å². The molecule has 0 saturated heterocycles. The van der Waals surface area contributed by atoms with Gasteiger partial charge in [-0.3, -0.25) is 5.10 Å². The Labute approximate surface area is 122 Å². The van der Waals surface area contributed by atoms with Crippen LogP contribution in [0.1, 0.15) is 36.1 Å².